The summed E-state index contributed by atoms with van der Waals surface area (Å²) in [5.41, 5.74) is -0.360. The summed E-state index contributed by atoms with van der Waals surface area (Å²) < 4.78 is 45.3. The summed E-state index contributed by atoms with van der Waals surface area (Å²) in [5, 5.41) is 0. The Morgan fingerprint density at radius 2 is 1.02 bits per heavy atom. The van der Waals surface area contributed by atoms with Gasteiger partial charge in [0.05, 0.1) is 29.2 Å². The normalized spacial score (nSPS) is 11.6. The van der Waals surface area contributed by atoms with Crippen LogP contribution >= 0.6 is 0 Å². The third-order valence-corrected chi connectivity index (χ3v) is 7.85. The van der Waals surface area contributed by atoms with Gasteiger partial charge in [0.2, 0.25) is 0 Å². The average molecular weight is 629 g/mol. The van der Waals surface area contributed by atoms with Crippen LogP contribution in [0.2, 0.25) is 0 Å². The summed E-state index contributed by atoms with van der Waals surface area (Å²) in [7, 11) is -4.81. The number of hydrogen-bond donors (Lipinski definition) is 0. The molecule has 0 fully saturated rings. The molecule has 1 aromatic carbocycles. The Labute approximate surface area is 283 Å². The van der Waals surface area contributed by atoms with Crippen molar-refractivity contribution < 1.29 is 61.6 Å². The molecule has 0 saturated heterocycles. The number of benzene rings is 1. The molecular weight excluding hydrogens is 575 g/mol. The molecule has 9 heteroatoms. The zero-order valence-corrected chi connectivity index (χ0v) is 29.8. The van der Waals surface area contributed by atoms with Gasteiger partial charge in [-0.3, -0.25) is 0 Å². The zero-order chi connectivity index (χ0) is 30.9. The fourth-order valence-electron chi connectivity index (χ4n) is 4.58. The van der Waals surface area contributed by atoms with Gasteiger partial charge in [0, 0.05) is 0 Å². The minimum atomic E-state index is -4.81. The van der Waals surface area contributed by atoms with Gasteiger partial charge < -0.3 is 14.0 Å². The van der Waals surface area contributed by atoms with Crippen LogP contribution < -0.4 is 29.6 Å². The molecule has 0 unspecified atom stereocenters. The standard InChI is InChI=1S/C34H54O7S.Na/c1-3-5-7-9-11-13-15-17-19-21-23-27-40-33(35)31-26-25-30(42(37,38)39)29-32(31)34(36)41-28-24-22-20-18-16-14-12-10-8-6-4-2;/h5-8,25-26,29H,3-4,9-24,27-28H2,1-2H3,(H,37,38,39);/q;+1/p-1/b7-5+,8-6+;. The molecule has 0 N–H and O–H groups in total. The molecule has 0 bridgehead atoms. The molecule has 0 aliphatic rings. The summed E-state index contributed by atoms with van der Waals surface area (Å²) in [4.78, 5) is 24.9. The number of ether oxygens (including phenoxy) is 2. The van der Waals surface area contributed by atoms with Gasteiger partial charge in [0.15, 0.2) is 0 Å². The van der Waals surface area contributed by atoms with E-state index < -0.39 is 27.0 Å². The largest absolute Gasteiger partial charge is 1.00 e. The van der Waals surface area contributed by atoms with Gasteiger partial charge in [-0.25, -0.2) is 18.0 Å². The van der Waals surface area contributed by atoms with Gasteiger partial charge in [-0.15, -0.1) is 0 Å². The number of rotatable bonds is 25. The van der Waals surface area contributed by atoms with Gasteiger partial charge in [-0.05, 0) is 69.6 Å². The monoisotopic (exact) mass is 628 g/mol. The Hall–Kier alpha value is -1.45. The first kappa shape index (κ1) is 41.5. The first-order valence-corrected chi connectivity index (χ1v) is 17.5. The Morgan fingerprint density at radius 3 is 1.44 bits per heavy atom. The van der Waals surface area contributed by atoms with Crippen LogP contribution in [0.3, 0.4) is 0 Å². The fraction of sp³-hybridized carbons (Fsp3) is 0.647. The summed E-state index contributed by atoms with van der Waals surface area (Å²) in [5.74, 6) is -1.57. The van der Waals surface area contributed by atoms with Crippen LogP contribution in [0.1, 0.15) is 150 Å². The Kier molecular flexibility index (Phi) is 26.0. The molecule has 1 rings (SSSR count). The average Bonchev–Trinajstić information content (AvgIpc) is 2.97. The van der Waals surface area contributed by atoms with E-state index in [1.54, 1.807) is 0 Å². The molecule has 238 valence electrons. The minimum absolute atomic E-state index is 0. The topological polar surface area (TPSA) is 110 Å². The number of esters is 2. The molecule has 0 radical (unpaired) electrons. The van der Waals surface area contributed by atoms with E-state index in [4.69, 9.17) is 9.47 Å². The summed E-state index contributed by atoms with van der Waals surface area (Å²) in [6, 6.07) is 3.08. The summed E-state index contributed by atoms with van der Waals surface area (Å²) >= 11 is 0. The third-order valence-electron chi connectivity index (χ3n) is 7.02. The van der Waals surface area contributed by atoms with Crippen molar-refractivity contribution in [3.63, 3.8) is 0 Å². The van der Waals surface area contributed by atoms with E-state index >= 15 is 0 Å². The van der Waals surface area contributed by atoms with Crippen LogP contribution in [0.5, 0.6) is 0 Å². The van der Waals surface area contributed by atoms with E-state index in [2.05, 4.69) is 38.2 Å². The maximum Gasteiger partial charge on any atom is 1.00 e. The Morgan fingerprint density at radius 1 is 0.628 bits per heavy atom. The van der Waals surface area contributed by atoms with E-state index in [-0.39, 0.29) is 53.9 Å². The molecule has 7 nitrogen and oxygen atoms in total. The molecule has 0 aromatic heterocycles. The van der Waals surface area contributed by atoms with Crippen molar-refractivity contribution in [3.05, 3.63) is 53.6 Å². The number of carbonyl (C=O) groups is 2. The molecule has 1 aromatic rings. The van der Waals surface area contributed by atoms with Crippen LogP contribution in [-0.4, -0.2) is 38.1 Å². The van der Waals surface area contributed by atoms with Crippen molar-refractivity contribution in [1.29, 1.82) is 0 Å². The number of allylic oxidation sites excluding steroid dienone is 4. The SMILES string of the molecule is CC/C=C/CCCCCCCCCOC(=O)c1ccc(S(=O)(=O)[O-])cc1C(=O)OCCCCCCCCC/C=C/CC.[Na+]. The van der Waals surface area contributed by atoms with Crippen LogP contribution in [0, 0.1) is 0 Å². The van der Waals surface area contributed by atoms with Gasteiger partial charge >= 0.3 is 41.5 Å². The smallest absolute Gasteiger partial charge is 0.744 e. The van der Waals surface area contributed by atoms with Crippen LogP contribution in [0.4, 0.5) is 0 Å². The number of unbranched alkanes of at least 4 members (excludes halogenated alkanes) is 14. The second-order valence-electron chi connectivity index (χ2n) is 10.7. The van der Waals surface area contributed by atoms with E-state index in [0.717, 1.165) is 82.4 Å². The molecular formula is C34H53NaO7S. The molecule has 0 saturated carbocycles. The molecule has 0 aliphatic heterocycles. The maximum atomic E-state index is 12.8. The summed E-state index contributed by atoms with van der Waals surface area (Å²) in [6.45, 7) is 4.62. The second-order valence-corrected chi connectivity index (χ2v) is 12.1. The molecule has 0 atom stereocenters. The van der Waals surface area contributed by atoms with E-state index in [1.807, 2.05) is 0 Å². The first-order valence-electron chi connectivity index (χ1n) is 16.0. The molecule has 0 heterocycles. The van der Waals surface area contributed by atoms with Crippen LogP contribution in [0.25, 0.3) is 0 Å². The van der Waals surface area contributed by atoms with Crippen molar-refractivity contribution in [2.75, 3.05) is 13.2 Å². The zero-order valence-electron chi connectivity index (χ0n) is 26.9. The Bertz CT molecular complexity index is 1050. The van der Waals surface area contributed by atoms with E-state index in [1.165, 1.54) is 38.5 Å². The van der Waals surface area contributed by atoms with Gasteiger partial charge in [0.1, 0.15) is 10.1 Å². The van der Waals surface area contributed by atoms with Crippen molar-refractivity contribution in [2.45, 2.75) is 134 Å². The van der Waals surface area contributed by atoms with E-state index in [9.17, 15) is 22.6 Å². The fourth-order valence-corrected chi connectivity index (χ4v) is 5.07. The molecule has 43 heavy (non-hydrogen) atoms. The van der Waals surface area contributed by atoms with Gasteiger partial charge in [-0.2, -0.15) is 0 Å². The van der Waals surface area contributed by atoms with Crippen LogP contribution in [0.15, 0.2) is 47.4 Å². The number of hydrogen-bond acceptors (Lipinski definition) is 7. The quantitative estimate of drug-likeness (QED) is 0.0424. The van der Waals surface area contributed by atoms with Gasteiger partial charge in [-0.1, -0.05) is 102 Å². The molecule has 0 aliphatic carbocycles. The van der Waals surface area contributed by atoms with E-state index in [0.29, 0.717) is 12.8 Å². The molecule has 0 spiro atoms. The molecule has 0 amide bonds. The van der Waals surface area contributed by atoms with Crippen LogP contribution in [-0.2, 0) is 19.6 Å². The summed E-state index contributed by atoms with van der Waals surface area (Å²) in [6.07, 6.45) is 28.1. The third kappa shape index (κ3) is 21.0. The van der Waals surface area contributed by atoms with Crippen molar-refractivity contribution in [2.24, 2.45) is 0 Å². The predicted molar refractivity (Wildman–Crippen MR) is 168 cm³/mol. The predicted octanol–water partition coefficient (Wildman–Crippen LogP) is 6.08. The maximum absolute atomic E-state index is 12.8. The Balaban J connectivity index is 0.0000176. The van der Waals surface area contributed by atoms with Crippen molar-refractivity contribution >= 4 is 22.1 Å². The minimum Gasteiger partial charge on any atom is -0.744 e. The van der Waals surface area contributed by atoms with Crippen molar-refractivity contribution in [3.8, 4) is 0 Å². The van der Waals surface area contributed by atoms with Gasteiger partial charge in [0.25, 0.3) is 0 Å². The van der Waals surface area contributed by atoms with Crippen molar-refractivity contribution in [1.82, 2.24) is 0 Å². The second kappa shape index (κ2) is 26.9. The first-order chi connectivity index (χ1) is 20.3. The number of carbonyl (C=O) groups excluding carboxylic acids is 2.